The Morgan fingerprint density at radius 3 is 2.48 bits per heavy atom. The van der Waals surface area contributed by atoms with Gasteiger partial charge < -0.3 is 10.1 Å². The Hall–Kier alpha value is -2.49. The Morgan fingerprint density at radius 2 is 1.84 bits per heavy atom. The van der Waals surface area contributed by atoms with Gasteiger partial charge in [0.1, 0.15) is 5.82 Å². The molecule has 1 unspecified atom stereocenters. The fourth-order valence-electron chi connectivity index (χ4n) is 4.06. The van der Waals surface area contributed by atoms with Crippen LogP contribution in [0.3, 0.4) is 0 Å². The van der Waals surface area contributed by atoms with E-state index in [-0.39, 0.29) is 23.5 Å². The van der Waals surface area contributed by atoms with Crippen molar-refractivity contribution in [2.45, 2.75) is 12.5 Å². The molecule has 7 nitrogen and oxygen atoms in total. The predicted octanol–water partition coefficient (Wildman–Crippen LogP) is 2.17. The van der Waals surface area contributed by atoms with Crippen LogP contribution in [0, 0.1) is 5.82 Å². The lowest BCUT2D eigenvalue weighted by atomic mass is 10.0. The van der Waals surface area contributed by atoms with Crippen molar-refractivity contribution in [1.82, 2.24) is 10.2 Å². The highest BCUT2D eigenvalue weighted by Gasteiger charge is 2.28. The van der Waals surface area contributed by atoms with Crippen molar-refractivity contribution in [3.05, 3.63) is 65.5 Å². The number of rotatable bonds is 6. The van der Waals surface area contributed by atoms with E-state index in [1.165, 1.54) is 16.4 Å². The maximum absolute atomic E-state index is 13.8. The summed E-state index contributed by atoms with van der Waals surface area (Å²) < 4.78 is 44.8. The number of ether oxygens (including phenoxy) is 1. The lowest BCUT2D eigenvalue weighted by Gasteiger charge is -2.35. The predicted molar refractivity (Wildman–Crippen MR) is 116 cm³/mol. The van der Waals surface area contributed by atoms with E-state index < -0.39 is 10.0 Å². The SMILES string of the molecule is O=C(NCC(c1cccc(F)c1)N1CCOCC1)c1ccc(N2CCCS2(=O)=O)cc1. The van der Waals surface area contributed by atoms with Crippen LogP contribution in [0.1, 0.15) is 28.4 Å². The molecule has 2 heterocycles. The quantitative estimate of drug-likeness (QED) is 0.734. The van der Waals surface area contributed by atoms with E-state index in [2.05, 4.69) is 10.2 Å². The van der Waals surface area contributed by atoms with Crippen LogP contribution in [-0.2, 0) is 14.8 Å². The van der Waals surface area contributed by atoms with Gasteiger partial charge in [0.2, 0.25) is 10.0 Å². The summed E-state index contributed by atoms with van der Waals surface area (Å²) in [5.74, 6) is -0.418. The summed E-state index contributed by atoms with van der Waals surface area (Å²) in [5.41, 5.74) is 1.82. The zero-order valence-electron chi connectivity index (χ0n) is 17.2. The normalized spacial score (nSPS) is 19.8. The van der Waals surface area contributed by atoms with Crippen LogP contribution in [0.15, 0.2) is 48.5 Å². The summed E-state index contributed by atoms with van der Waals surface area (Å²) in [6.45, 7) is 3.39. The van der Waals surface area contributed by atoms with Crippen LogP contribution in [-0.4, -0.2) is 64.4 Å². The summed E-state index contributed by atoms with van der Waals surface area (Å²) in [7, 11) is -3.25. The van der Waals surface area contributed by atoms with Crippen LogP contribution in [0.2, 0.25) is 0 Å². The number of anilines is 1. The first-order valence-corrected chi connectivity index (χ1v) is 12.0. The van der Waals surface area contributed by atoms with Gasteiger partial charge >= 0.3 is 0 Å². The zero-order valence-corrected chi connectivity index (χ0v) is 18.0. The van der Waals surface area contributed by atoms with E-state index in [4.69, 9.17) is 4.74 Å². The van der Waals surface area contributed by atoms with Gasteiger partial charge in [0, 0.05) is 31.7 Å². The van der Waals surface area contributed by atoms with Crippen LogP contribution in [0.25, 0.3) is 0 Å². The van der Waals surface area contributed by atoms with Gasteiger partial charge in [-0.3, -0.25) is 14.0 Å². The van der Waals surface area contributed by atoms with Crippen molar-refractivity contribution in [2.75, 3.05) is 49.5 Å². The number of benzene rings is 2. The maximum atomic E-state index is 13.8. The van der Waals surface area contributed by atoms with Crippen LogP contribution < -0.4 is 9.62 Å². The largest absolute Gasteiger partial charge is 0.379 e. The summed E-state index contributed by atoms with van der Waals surface area (Å²) >= 11 is 0. The minimum Gasteiger partial charge on any atom is -0.379 e. The average Bonchev–Trinajstić information content (AvgIpc) is 3.13. The fourth-order valence-corrected chi connectivity index (χ4v) is 5.63. The molecular weight excluding hydrogens is 421 g/mol. The molecule has 0 aromatic heterocycles. The number of amides is 1. The molecule has 2 fully saturated rings. The average molecular weight is 448 g/mol. The highest BCUT2D eigenvalue weighted by molar-refractivity contribution is 7.93. The fraction of sp³-hybridized carbons (Fsp3) is 0.409. The molecule has 1 amide bonds. The number of hydrogen-bond acceptors (Lipinski definition) is 5. The van der Waals surface area contributed by atoms with Crippen molar-refractivity contribution < 1.29 is 22.3 Å². The molecule has 1 N–H and O–H groups in total. The van der Waals surface area contributed by atoms with Gasteiger partial charge in [0.15, 0.2) is 0 Å². The van der Waals surface area contributed by atoms with Crippen molar-refractivity contribution in [2.24, 2.45) is 0 Å². The van der Waals surface area contributed by atoms with Gasteiger partial charge in [-0.05, 0) is 48.4 Å². The second-order valence-electron chi connectivity index (χ2n) is 7.72. The number of halogens is 1. The van der Waals surface area contributed by atoms with E-state index >= 15 is 0 Å². The van der Waals surface area contributed by atoms with Gasteiger partial charge in [-0.25, -0.2) is 12.8 Å². The van der Waals surface area contributed by atoms with E-state index in [0.717, 1.165) is 5.56 Å². The Balaban J connectivity index is 1.45. The minimum atomic E-state index is -3.25. The number of carbonyl (C=O) groups excluding carboxylic acids is 1. The number of carbonyl (C=O) groups is 1. The third-order valence-corrected chi connectivity index (χ3v) is 7.56. The topological polar surface area (TPSA) is 79.0 Å². The maximum Gasteiger partial charge on any atom is 0.251 e. The molecule has 0 aliphatic carbocycles. The molecule has 0 radical (unpaired) electrons. The Bertz CT molecular complexity index is 1020. The van der Waals surface area contributed by atoms with Crippen LogP contribution in [0.4, 0.5) is 10.1 Å². The smallest absolute Gasteiger partial charge is 0.251 e. The molecule has 0 spiro atoms. The van der Waals surface area contributed by atoms with Gasteiger partial charge in [0.05, 0.1) is 30.7 Å². The lowest BCUT2D eigenvalue weighted by molar-refractivity contribution is 0.0162. The second kappa shape index (κ2) is 9.33. The van der Waals surface area contributed by atoms with E-state index in [1.807, 2.05) is 6.07 Å². The highest BCUT2D eigenvalue weighted by Crippen LogP contribution is 2.25. The molecule has 1 atom stereocenters. The molecule has 9 heteroatoms. The summed E-state index contributed by atoms with van der Waals surface area (Å²) in [4.78, 5) is 14.9. The molecule has 4 rings (SSSR count). The first-order chi connectivity index (χ1) is 14.9. The molecule has 0 bridgehead atoms. The molecule has 31 heavy (non-hydrogen) atoms. The molecular formula is C22H26FN3O4S. The molecule has 2 aromatic rings. The number of sulfonamides is 1. The summed E-state index contributed by atoms with van der Waals surface area (Å²) in [6, 6.07) is 12.8. The molecule has 2 aliphatic rings. The molecule has 0 saturated carbocycles. The van der Waals surface area contributed by atoms with Crippen molar-refractivity contribution in [1.29, 1.82) is 0 Å². The van der Waals surface area contributed by atoms with Crippen LogP contribution in [0.5, 0.6) is 0 Å². The first kappa shape index (κ1) is 21.7. The lowest BCUT2D eigenvalue weighted by Crippen LogP contribution is -2.43. The molecule has 166 valence electrons. The van der Waals surface area contributed by atoms with E-state index in [0.29, 0.717) is 57.1 Å². The monoisotopic (exact) mass is 447 g/mol. The van der Waals surface area contributed by atoms with Crippen molar-refractivity contribution in [3.8, 4) is 0 Å². The summed E-state index contributed by atoms with van der Waals surface area (Å²) in [5, 5.41) is 2.94. The van der Waals surface area contributed by atoms with Gasteiger partial charge in [-0.15, -0.1) is 0 Å². The third-order valence-electron chi connectivity index (χ3n) is 5.69. The standard InChI is InChI=1S/C22H26FN3O4S/c23-19-4-1-3-18(15-19)21(25-10-12-30-13-11-25)16-24-22(27)17-5-7-20(8-6-17)26-9-2-14-31(26,28)29/h1,3-8,15,21H,2,9-14,16H2,(H,24,27). The Labute approximate surface area is 181 Å². The number of nitrogens with zero attached hydrogens (tertiary/aromatic N) is 2. The first-order valence-electron chi connectivity index (χ1n) is 10.4. The summed E-state index contributed by atoms with van der Waals surface area (Å²) in [6.07, 6.45) is 0.605. The van der Waals surface area contributed by atoms with Crippen molar-refractivity contribution >= 4 is 21.6 Å². The molecule has 2 saturated heterocycles. The third kappa shape index (κ3) is 5.06. The molecule has 2 aromatic carbocycles. The minimum absolute atomic E-state index is 0.151. The highest BCUT2D eigenvalue weighted by atomic mass is 32.2. The van der Waals surface area contributed by atoms with Gasteiger partial charge in [-0.1, -0.05) is 12.1 Å². The Morgan fingerprint density at radius 1 is 1.10 bits per heavy atom. The van der Waals surface area contributed by atoms with Gasteiger partial charge in [0.25, 0.3) is 5.91 Å². The van der Waals surface area contributed by atoms with Crippen LogP contribution >= 0.6 is 0 Å². The van der Waals surface area contributed by atoms with Gasteiger partial charge in [-0.2, -0.15) is 0 Å². The molecule has 2 aliphatic heterocycles. The second-order valence-corrected chi connectivity index (χ2v) is 9.73. The number of morpholine rings is 1. The van der Waals surface area contributed by atoms with Crippen molar-refractivity contribution in [3.63, 3.8) is 0 Å². The Kier molecular flexibility index (Phi) is 6.54. The van der Waals surface area contributed by atoms with E-state index in [9.17, 15) is 17.6 Å². The number of hydrogen-bond donors (Lipinski definition) is 1. The number of nitrogens with one attached hydrogen (secondary N) is 1. The van der Waals surface area contributed by atoms with E-state index in [1.54, 1.807) is 30.3 Å². The zero-order chi connectivity index (χ0) is 21.8.